The largest absolute Gasteiger partial charge is 0.452 e. The number of hydrogen-bond donors (Lipinski definition) is 0. The zero-order valence-corrected chi connectivity index (χ0v) is 15.9. The second-order valence-electron chi connectivity index (χ2n) is 4.80. The highest BCUT2D eigenvalue weighted by atomic mass is 32.2. The van der Waals surface area contributed by atoms with E-state index in [4.69, 9.17) is 4.42 Å². The molecule has 0 unspecified atom stereocenters. The van der Waals surface area contributed by atoms with Crippen LogP contribution in [0.25, 0.3) is 4.91 Å². The van der Waals surface area contributed by atoms with E-state index in [0.717, 1.165) is 10.7 Å². The molecule has 0 aliphatic carbocycles. The molecule has 0 atom stereocenters. The molecule has 0 bridgehead atoms. The van der Waals surface area contributed by atoms with Gasteiger partial charge in [0.05, 0.1) is 13.4 Å². The number of hydrogen-bond acceptors (Lipinski definition) is 7. The van der Waals surface area contributed by atoms with Crippen LogP contribution in [0.4, 0.5) is 4.79 Å². The average Bonchev–Trinajstić information content (AvgIpc) is 3.31. The Morgan fingerprint density at radius 3 is 2.50 bits per heavy atom. The summed E-state index contributed by atoms with van der Waals surface area (Å²) < 4.78 is 8.48. The first kappa shape index (κ1) is 16.1. The number of urea groups is 1. The molecule has 0 N–H and O–H groups in total. The van der Waals surface area contributed by atoms with E-state index in [1.165, 1.54) is 18.5 Å². The van der Waals surface area contributed by atoms with Gasteiger partial charge >= 0.3 is 6.03 Å². The fourth-order valence-corrected chi connectivity index (χ4v) is 6.46. The summed E-state index contributed by atoms with van der Waals surface area (Å²) in [6.07, 6.45) is 0. The third-order valence-electron chi connectivity index (χ3n) is 3.16. The highest BCUT2D eigenvalue weighted by molar-refractivity contribution is 8.35. The lowest BCUT2D eigenvalue weighted by atomic mass is 10.4. The van der Waals surface area contributed by atoms with Gasteiger partial charge in [-0.3, -0.25) is 0 Å². The van der Waals surface area contributed by atoms with Crippen molar-refractivity contribution in [1.82, 2.24) is 15.4 Å². The van der Waals surface area contributed by atoms with E-state index >= 15 is 0 Å². The van der Waals surface area contributed by atoms with Crippen molar-refractivity contribution in [2.24, 2.45) is 5.10 Å². The summed E-state index contributed by atoms with van der Waals surface area (Å²) in [6.45, 7) is 0. The fourth-order valence-electron chi connectivity index (χ4n) is 2.04. The molecular formula is C14H11N4O2S4. The number of hydrazone groups is 1. The van der Waals surface area contributed by atoms with Crippen molar-refractivity contribution in [2.75, 3.05) is 14.1 Å². The Morgan fingerprint density at radius 2 is 1.75 bits per heavy atom. The molecule has 4 rings (SSSR count). The second-order valence-corrected chi connectivity index (χ2v) is 9.08. The molecule has 123 valence electrons. The minimum absolute atomic E-state index is 0.285. The highest BCUT2D eigenvalue weighted by Crippen LogP contribution is 2.55. The standard InChI is InChI=1S/C14H11N4O2S4/c1-17-14(19)18(2)16-11(15-17)9-4-3-8(20-9)10-7-23-13(24-10)12-21-5-6-22-12/h3-7H,1-2H3. The van der Waals surface area contributed by atoms with Gasteiger partial charge in [0, 0.05) is 14.1 Å². The predicted octanol–water partition coefficient (Wildman–Crippen LogP) is 4.31. The molecule has 1 aromatic heterocycles. The van der Waals surface area contributed by atoms with E-state index < -0.39 is 0 Å². The summed E-state index contributed by atoms with van der Waals surface area (Å²) >= 11 is 6.91. The number of thioether (sulfide) groups is 4. The molecule has 24 heavy (non-hydrogen) atoms. The SMILES string of the molecule is CN1[N]C(c2ccc(C3=CSC(=C4SC=CS4)S3)o2)=NN(C)C1=O. The number of amides is 2. The first-order valence-electron chi connectivity index (χ1n) is 6.81. The topological polar surface area (TPSA) is 63.2 Å². The van der Waals surface area contributed by atoms with Crippen LogP contribution < -0.4 is 5.43 Å². The van der Waals surface area contributed by atoms with Crippen LogP contribution in [0, 0.1) is 0 Å². The molecular weight excluding hydrogens is 384 g/mol. The first-order valence-corrected chi connectivity index (χ1v) is 10.3. The average molecular weight is 396 g/mol. The maximum Gasteiger partial charge on any atom is 0.360 e. The van der Waals surface area contributed by atoms with Gasteiger partial charge in [0.25, 0.3) is 0 Å². The summed E-state index contributed by atoms with van der Waals surface area (Å²) in [5.41, 5.74) is 4.14. The Hall–Kier alpha value is -1.36. The van der Waals surface area contributed by atoms with E-state index in [0.29, 0.717) is 11.6 Å². The number of amidine groups is 1. The summed E-state index contributed by atoms with van der Waals surface area (Å²) in [5.74, 6) is 1.70. The maximum atomic E-state index is 11.7. The Morgan fingerprint density at radius 1 is 1.00 bits per heavy atom. The summed E-state index contributed by atoms with van der Waals surface area (Å²) in [6, 6.07) is 3.45. The van der Waals surface area contributed by atoms with Crippen LogP contribution >= 0.6 is 47.0 Å². The lowest BCUT2D eigenvalue weighted by Crippen LogP contribution is -2.48. The van der Waals surface area contributed by atoms with Gasteiger partial charge in [-0.1, -0.05) is 47.0 Å². The van der Waals surface area contributed by atoms with Gasteiger partial charge in [0.2, 0.25) is 5.84 Å². The maximum absolute atomic E-state index is 11.7. The molecule has 1 aromatic rings. The lowest BCUT2D eigenvalue weighted by Gasteiger charge is -2.25. The van der Waals surface area contributed by atoms with Crippen molar-refractivity contribution < 1.29 is 9.21 Å². The van der Waals surface area contributed by atoms with E-state index in [9.17, 15) is 4.79 Å². The molecule has 0 spiro atoms. The van der Waals surface area contributed by atoms with Gasteiger partial charge in [0.1, 0.15) is 5.76 Å². The van der Waals surface area contributed by atoms with Gasteiger partial charge < -0.3 is 4.42 Å². The molecule has 2 amide bonds. The third kappa shape index (κ3) is 2.99. The number of carbonyl (C=O) groups excluding carboxylic acids is 1. The summed E-state index contributed by atoms with van der Waals surface area (Å²) in [5, 5.41) is 12.9. The van der Waals surface area contributed by atoms with Crippen molar-refractivity contribution >= 4 is 63.8 Å². The molecule has 1 radical (unpaired) electrons. The Balaban J connectivity index is 1.53. The quantitative estimate of drug-likeness (QED) is 0.743. The van der Waals surface area contributed by atoms with Crippen molar-refractivity contribution in [3.05, 3.63) is 48.4 Å². The summed E-state index contributed by atoms with van der Waals surface area (Å²) in [7, 11) is 3.18. The van der Waals surface area contributed by atoms with Crippen molar-refractivity contribution in [3.8, 4) is 0 Å². The van der Waals surface area contributed by atoms with Gasteiger partial charge in [0.15, 0.2) is 5.76 Å². The molecule has 10 heteroatoms. The van der Waals surface area contributed by atoms with Crippen LogP contribution in [-0.2, 0) is 0 Å². The minimum atomic E-state index is -0.285. The predicted molar refractivity (Wildman–Crippen MR) is 103 cm³/mol. The normalized spacial score (nSPS) is 20.7. The second kappa shape index (κ2) is 6.51. The van der Waals surface area contributed by atoms with Crippen LogP contribution in [0.3, 0.4) is 0 Å². The Labute approximate surface area is 155 Å². The van der Waals surface area contributed by atoms with Crippen LogP contribution in [0.5, 0.6) is 0 Å². The molecule has 3 aliphatic heterocycles. The molecule has 6 nitrogen and oxygen atoms in total. The number of carbonyl (C=O) groups is 1. The Bertz CT molecular complexity index is 816. The Kier molecular flexibility index (Phi) is 4.37. The van der Waals surface area contributed by atoms with Crippen molar-refractivity contribution in [3.63, 3.8) is 0 Å². The fraction of sp³-hybridized carbons (Fsp3) is 0.143. The zero-order chi connectivity index (χ0) is 16.7. The van der Waals surface area contributed by atoms with Crippen LogP contribution in [0.1, 0.15) is 11.5 Å². The van der Waals surface area contributed by atoms with Gasteiger partial charge in [-0.05, 0) is 28.4 Å². The molecule has 0 fully saturated rings. The molecule has 0 aromatic carbocycles. The zero-order valence-electron chi connectivity index (χ0n) is 12.6. The minimum Gasteiger partial charge on any atom is -0.452 e. The van der Waals surface area contributed by atoms with Crippen LogP contribution in [-0.4, -0.2) is 36.0 Å². The van der Waals surface area contributed by atoms with Crippen molar-refractivity contribution in [1.29, 1.82) is 0 Å². The first-order chi connectivity index (χ1) is 11.6. The van der Waals surface area contributed by atoms with Gasteiger partial charge in [-0.25, -0.2) is 14.8 Å². The number of rotatable bonds is 2. The van der Waals surface area contributed by atoms with Crippen molar-refractivity contribution in [2.45, 2.75) is 0 Å². The molecule has 4 heterocycles. The smallest absolute Gasteiger partial charge is 0.360 e. The van der Waals surface area contributed by atoms with Crippen LogP contribution in [0.2, 0.25) is 0 Å². The van der Waals surface area contributed by atoms with Gasteiger partial charge in [-0.2, -0.15) is 0 Å². The van der Waals surface area contributed by atoms with E-state index in [1.54, 1.807) is 61.1 Å². The van der Waals surface area contributed by atoms with E-state index in [2.05, 4.69) is 26.8 Å². The molecule has 0 saturated heterocycles. The van der Waals surface area contributed by atoms with Gasteiger partial charge in [-0.15, -0.1) is 10.5 Å². The van der Waals surface area contributed by atoms with E-state index in [1.807, 2.05) is 12.1 Å². The summed E-state index contributed by atoms with van der Waals surface area (Å²) in [4.78, 5) is 12.7. The van der Waals surface area contributed by atoms with E-state index in [-0.39, 0.29) is 6.03 Å². The van der Waals surface area contributed by atoms with Crippen LogP contribution in [0.15, 0.2) is 46.3 Å². The molecule has 3 aliphatic rings. The number of nitrogens with zero attached hydrogens (tertiary/aromatic N) is 4. The molecule has 0 saturated carbocycles. The number of furan rings is 1. The third-order valence-corrected chi connectivity index (χ3v) is 8.20. The highest BCUT2D eigenvalue weighted by Gasteiger charge is 2.27. The lowest BCUT2D eigenvalue weighted by molar-refractivity contribution is 0.155. The monoisotopic (exact) mass is 395 g/mol.